The molecular weight excluding hydrogens is 416 g/mol. The van der Waals surface area contributed by atoms with Gasteiger partial charge in [-0.05, 0) is 35.4 Å². The standard InChI is InChI=1S/C24H19ClN2O2S/c25-20-11-9-18(10-12-20)15-29-21-8-4-7-19(13-21)24-27-22(16-30-24)23(28)26-14-17-5-2-1-3-6-17/h1-13,16H,14-15H2,(H,26,28). The molecule has 0 bridgehead atoms. The highest BCUT2D eigenvalue weighted by Gasteiger charge is 2.12. The predicted octanol–water partition coefficient (Wildman–Crippen LogP) is 5.97. The minimum Gasteiger partial charge on any atom is -0.489 e. The summed E-state index contributed by atoms with van der Waals surface area (Å²) in [7, 11) is 0. The number of halogens is 1. The fourth-order valence-corrected chi connectivity index (χ4v) is 3.77. The average Bonchev–Trinajstić information content (AvgIpc) is 3.29. The van der Waals surface area contributed by atoms with Crippen molar-refractivity contribution in [2.24, 2.45) is 0 Å². The van der Waals surface area contributed by atoms with Crippen LogP contribution in [-0.2, 0) is 13.2 Å². The van der Waals surface area contributed by atoms with Gasteiger partial charge in [0.05, 0.1) is 0 Å². The summed E-state index contributed by atoms with van der Waals surface area (Å²) in [5.74, 6) is 0.559. The van der Waals surface area contributed by atoms with Gasteiger partial charge in [-0.2, -0.15) is 0 Å². The summed E-state index contributed by atoms with van der Waals surface area (Å²) in [4.78, 5) is 16.9. The molecule has 3 aromatic carbocycles. The van der Waals surface area contributed by atoms with E-state index in [0.29, 0.717) is 23.9 Å². The molecule has 4 nitrogen and oxygen atoms in total. The fraction of sp³-hybridized carbons (Fsp3) is 0.0833. The molecule has 0 saturated heterocycles. The first-order chi connectivity index (χ1) is 14.7. The Bertz CT molecular complexity index is 1130. The number of nitrogens with one attached hydrogen (secondary N) is 1. The summed E-state index contributed by atoms with van der Waals surface area (Å²) >= 11 is 7.35. The smallest absolute Gasteiger partial charge is 0.271 e. The van der Waals surface area contributed by atoms with Crippen molar-refractivity contribution < 1.29 is 9.53 Å². The number of nitrogens with zero attached hydrogens (tertiary/aromatic N) is 1. The van der Waals surface area contributed by atoms with Crippen molar-refractivity contribution in [2.45, 2.75) is 13.2 Å². The van der Waals surface area contributed by atoms with Gasteiger partial charge in [0.1, 0.15) is 23.1 Å². The molecule has 0 aliphatic rings. The first kappa shape index (κ1) is 20.1. The second kappa shape index (κ2) is 9.57. The molecule has 0 spiro atoms. The normalized spacial score (nSPS) is 10.6. The minimum absolute atomic E-state index is 0.184. The lowest BCUT2D eigenvalue weighted by molar-refractivity contribution is 0.0946. The van der Waals surface area contributed by atoms with Crippen LogP contribution in [0.15, 0.2) is 84.2 Å². The Morgan fingerprint density at radius 1 is 0.967 bits per heavy atom. The van der Waals surface area contributed by atoms with Crippen molar-refractivity contribution in [3.05, 3.63) is 106 Å². The summed E-state index contributed by atoms with van der Waals surface area (Å²) in [6.45, 7) is 0.923. The van der Waals surface area contributed by atoms with E-state index in [4.69, 9.17) is 16.3 Å². The molecule has 0 saturated carbocycles. The summed E-state index contributed by atoms with van der Waals surface area (Å²) in [6.07, 6.45) is 0. The fourth-order valence-electron chi connectivity index (χ4n) is 2.85. The van der Waals surface area contributed by atoms with Crippen LogP contribution in [0.25, 0.3) is 10.6 Å². The zero-order valence-electron chi connectivity index (χ0n) is 16.0. The van der Waals surface area contributed by atoms with Gasteiger partial charge in [-0.25, -0.2) is 4.98 Å². The van der Waals surface area contributed by atoms with E-state index >= 15 is 0 Å². The number of aromatic nitrogens is 1. The van der Waals surface area contributed by atoms with Crippen molar-refractivity contribution in [2.75, 3.05) is 0 Å². The van der Waals surface area contributed by atoms with E-state index in [1.807, 2.05) is 78.9 Å². The molecule has 150 valence electrons. The zero-order valence-corrected chi connectivity index (χ0v) is 17.6. The summed E-state index contributed by atoms with van der Waals surface area (Å²) in [5, 5.41) is 6.16. The Hall–Kier alpha value is -3.15. The van der Waals surface area contributed by atoms with Gasteiger partial charge in [-0.15, -0.1) is 11.3 Å². The number of carbonyl (C=O) groups excluding carboxylic acids is 1. The quantitative estimate of drug-likeness (QED) is 0.389. The van der Waals surface area contributed by atoms with Crippen LogP contribution in [-0.4, -0.2) is 10.9 Å². The third-order valence-corrected chi connectivity index (χ3v) is 5.58. The first-order valence-electron chi connectivity index (χ1n) is 9.43. The van der Waals surface area contributed by atoms with Crippen LogP contribution < -0.4 is 10.1 Å². The maximum Gasteiger partial charge on any atom is 0.271 e. The topological polar surface area (TPSA) is 51.2 Å². The molecule has 1 N–H and O–H groups in total. The number of thiazole rings is 1. The second-order valence-corrected chi connectivity index (χ2v) is 7.94. The molecule has 0 unspecified atom stereocenters. The molecule has 0 radical (unpaired) electrons. The van der Waals surface area contributed by atoms with E-state index in [2.05, 4.69) is 10.3 Å². The van der Waals surface area contributed by atoms with Gasteiger partial charge >= 0.3 is 0 Å². The number of hydrogen-bond donors (Lipinski definition) is 1. The van der Waals surface area contributed by atoms with Gasteiger partial charge in [-0.1, -0.05) is 66.2 Å². The Balaban J connectivity index is 1.39. The number of hydrogen-bond acceptors (Lipinski definition) is 4. The van der Waals surface area contributed by atoms with E-state index in [0.717, 1.165) is 27.4 Å². The van der Waals surface area contributed by atoms with E-state index in [9.17, 15) is 4.79 Å². The van der Waals surface area contributed by atoms with Crippen molar-refractivity contribution in [1.82, 2.24) is 10.3 Å². The number of ether oxygens (including phenoxy) is 1. The number of carbonyl (C=O) groups is 1. The van der Waals surface area contributed by atoms with Gasteiger partial charge in [-0.3, -0.25) is 4.79 Å². The Labute approximate surface area is 184 Å². The van der Waals surface area contributed by atoms with E-state index in [-0.39, 0.29) is 5.91 Å². The van der Waals surface area contributed by atoms with Crippen LogP contribution in [0, 0.1) is 0 Å². The molecule has 1 aromatic heterocycles. The van der Waals surface area contributed by atoms with Crippen LogP contribution in [0.1, 0.15) is 21.6 Å². The highest BCUT2D eigenvalue weighted by atomic mass is 35.5. The largest absolute Gasteiger partial charge is 0.489 e. The molecule has 0 fully saturated rings. The third-order valence-electron chi connectivity index (χ3n) is 4.43. The monoisotopic (exact) mass is 434 g/mol. The van der Waals surface area contributed by atoms with Gasteiger partial charge in [0, 0.05) is 22.5 Å². The summed E-state index contributed by atoms with van der Waals surface area (Å²) < 4.78 is 5.89. The van der Waals surface area contributed by atoms with Crippen LogP contribution >= 0.6 is 22.9 Å². The molecule has 0 aliphatic carbocycles. The van der Waals surface area contributed by atoms with E-state index in [1.165, 1.54) is 11.3 Å². The molecule has 1 heterocycles. The lowest BCUT2D eigenvalue weighted by Crippen LogP contribution is -2.23. The molecule has 1 amide bonds. The van der Waals surface area contributed by atoms with E-state index < -0.39 is 0 Å². The summed E-state index contributed by atoms with van der Waals surface area (Å²) in [5.41, 5.74) is 3.41. The van der Waals surface area contributed by atoms with Crippen LogP contribution in [0.5, 0.6) is 5.75 Å². The minimum atomic E-state index is -0.184. The predicted molar refractivity (Wildman–Crippen MR) is 121 cm³/mol. The van der Waals surface area contributed by atoms with Crippen LogP contribution in [0.4, 0.5) is 0 Å². The van der Waals surface area contributed by atoms with Gasteiger partial charge in [0.15, 0.2) is 0 Å². The molecule has 6 heteroatoms. The summed E-state index contributed by atoms with van der Waals surface area (Å²) in [6, 6.07) is 25.1. The maximum atomic E-state index is 12.4. The molecule has 4 rings (SSSR count). The zero-order chi connectivity index (χ0) is 20.8. The number of benzene rings is 3. The number of amides is 1. The highest BCUT2D eigenvalue weighted by Crippen LogP contribution is 2.27. The Morgan fingerprint density at radius 2 is 1.77 bits per heavy atom. The lowest BCUT2D eigenvalue weighted by Gasteiger charge is -2.07. The molecule has 0 atom stereocenters. The van der Waals surface area contributed by atoms with Crippen LogP contribution in [0.3, 0.4) is 0 Å². The maximum absolute atomic E-state index is 12.4. The van der Waals surface area contributed by atoms with Gasteiger partial charge in [0.25, 0.3) is 5.91 Å². The Kier molecular flexibility index (Phi) is 6.42. The van der Waals surface area contributed by atoms with Crippen molar-refractivity contribution in [3.8, 4) is 16.3 Å². The van der Waals surface area contributed by atoms with Crippen molar-refractivity contribution in [1.29, 1.82) is 0 Å². The van der Waals surface area contributed by atoms with Crippen LogP contribution in [0.2, 0.25) is 5.02 Å². The second-order valence-electron chi connectivity index (χ2n) is 6.65. The first-order valence-corrected chi connectivity index (χ1v) is 10.7. The lowest BCUT2D eigenvalue weighted by atomic mass is 10.2. The number of rotatable bonds is 7. The van der Waals surface area contributed by atoms with Gasteiger partial charge < -0.3 is 10.1 Å². The SMILES string of the molecule is O=C(NCc1ccccc1)c1csc(-c2cccc(OCc3ccc(Cl)cc3)c2)n1. The van der Waals surface area contributed by atoms with E-state index in [1.54, 1.807) is 5.38 Å². The molecule has 4 aromatic rings. The van der Waals surface area contributed by atoms with Gasteiger partial charge in [0.2, 0.25) is 0 Å². The van der Waals surface area contributed by atoms with Crippen molar-refractivity contribution >= 4 is 28.8 Å². The van der Waals surface area contributed by atoms with Crippen molar-refractivity contribution in [3.63, 3.8) is 0 Å². The highest BCUT2D eigenvalue weighted by molar-refractivity contribution is 7.13. The molecular formula is C24H19ClN2O2S. The molecule has 0 aliphatic heterocycles. The Morgan fingerprint density at radius 3 is 2.57 bits per heavy atom. The average molecular weight is 435 g/mol. The third kappa shape index (κ3) is 5.26. The molecule has 30 heavy (non-hydrogen) atoms.